The highest BCUT2D eigenvalue weighted by Gasteiger charge is 2.58. The normalized spacial score (nSPS) is 43.7. The standard InChI is InChI=1S/C27H39NO/c1-18-8-10-21-19(16-18)9-11-23-22(21)14-15-27(2)24(23)12-13-25(27)26(29)17-28-20-6-4-3-5-7-20/h3-7,18-19,21-25,28H,8-17H2,1-2H3/t18?,19?,21?,22?,23?,24?,25-,27?/m1/s1. The molecule has 4 saturated carbocycles. The summed E-state index contributed by atoms with van der Waals surface area (Å²) in [5.41, 5.74) is 1.32. The Hall–Kier alpha value is -1.31. The van der Waals surface area contributed by atoms with Crippen molar-refractivity contribution in [3.63, 3.8) is 0 Å². The highest BCUT2D eigenvalue weighted by atomic mass is 16.1. The van der Waals surface area contributed by atoms with Crippen molar-refractivity contribution in [2.45, 2.75) is 71.6 Å². The van der Waals surface area contributed by atoms with Gasteiger partial charge in [-0.25, -0.2) is 0 Å². The molecule has 4 aliphatic carbocycles. The molecule has 0 heterocycles. The fourth-order valence-electron chi connectivity index (χ4n) is 8.49. The summed E-state index contributed by atoms with van der Waals surface area (Å²) < 4.78 is 0. The fourth-order valence-corrected chi connectivity index (χ4v) is 8.49. The third-order valence-electron chi connectivity index (χ3n) is 9.85. The van der Waals surface area contributed by atoms with Crippen LogP contribution in [-0.4, -0.2) is 12.3 Å². The molecule has 0 bridgehead atoms. The summed E-state index contributed by atoms with van der Waals surface area (Å²) >= 11 is 0. The van der Waals surface area contributed by atoms with Gasteiger partial charge in [-0.3, -0.25) is 4.79 Å². The van der Waals surface area contributed by atoms with Gasteiger partial charge in [0, 0.05) is 11.6 Å². The van der Waals surface area contributed by atoms with E-state index in [4.69, 9.17) is 0 Å². The van der Waals surface area contributed by atoms with Crippen molar-refractivity contribution >= 4 is 11.5 Å². The van der Waals surface area contributed by atoms with Crippen LogP contribution in [0.3, 0.4) is 0 Å². The minimum absolute atomic E-state index is 0.255. The molecule has 0 radical (unpaired) electrons. The maximum absolute atomic E-state index is 13.2. The Bertz CT molecular complexity index is 729. The molecule has 1 N–H and O–H groups in total. The molecule has 0 spiro atoms. The first-order valence-electron chi connectivity index (χ1n) is 12.4. The number of hydrogen-bond donors (Lipinski definition) is 1. The van der Waals surface area contributed by atoms with Gasteiger partial charge in [0.15, 0.2) is 5.78 Å². The van der Waals surface area contributed by atoms with Gasteiger partial charge in [-0.1, -0.05) is 38.5 Å². The Morgan fingerprint density at radius 2 is 1.76 bits per heavy atom. The van der Waals surface area contributed by atoms with Crippen LogP contribution in [0.5, 0.6) is 0 Å². The van der Waals surface area contributed by atoms with Crippen molar-refractivity contribution in [2.24, 2.45) is 46.8 Å². The Morgan fingerprint density at radius 3 is 2.59 bits per heavy atom. The molecule has 7 unspecified atom stereocenters. The molecule has 2 heteroatoms. The smallest absolute Gasteiger partial charge is 0.155 e. The van der Waals surface area contributed by atoms with Gasteiger partial charge in [0.2, 0.25) is 0 Å². The highest BCUT2D eigenvalue weighted by molar-refractivity contribution is 5.86. The van der Waals surface area contributed by atoms with Crippen LogP contribution >= 0.6 is 0 Å². The first-order valence-corrected chi connectivity index (χ1v) is 12.4. The lowest BCUT2D eigenvalue weighted by atomic mass is 9.49. The van der Waals surface area contributed by atoms with Crippen molar-refractivity contribution < 1.29 is 4.79 Å². The van der Waals surface area contributed by atoms with Crippen LogP contribution in [0.25, 0.3) is 0 Å². The maximum Gasteiger partial charge on any atom is 0.155 e. The van der Waals surface area contributed by atoms with Gasteiger partial charge in [-0.2, -0.15) is 0 Å². The molecule has 29 heavy (non-hydrogen) atoms. The average molecular weight is 394 g/mol. The minimum atomic E-state index is 0.255. The van der Waals surface area contributed by atoms with E-state index in [0.29, 0.717) is 12.3 Å². The second kappa shape index (κ2) is 7.75. The molecule has 158 valence electrons. The largest absolute Gasteiger partial charge is 0.378 e. The van der Waals surface area contributed by atoms with Crippen molar-refractivity contribution in [3.05, 3.63) is 30.3 Å². The molecule has 5 rings (SSSR count). The molecule has 0 aliphatic heterocycles. The van der Waals surface area contributed by atoms with Gasteiger partial charge in [-0.05, 0) is 104 Å². The van der Waals surface area contributed by atoms with E-state index in [2.05, 4.69) is 31.3 Å². The minimum Gasteiger partial charge on any atom is -0.378 e. The van der Waals surface area contributed by atoms with E-state index in [0.717, 1.165) is 47.6 Å². The molecule has 1 aromatic rings. The summed E-state index contributed by atoms with van der Waals surface area (Å²) in [6.45, 7) is 5.45. The topological polar surface area (TPSA) is 29.1 Å². The second-order valence-corrected chi connectivity index (χ2v) is 11.2. The summed E-state index contributed by atoms with van der Waals surface area (Å²) in [6.07, 6.45) is 12.5. The number of ketones is 1. The van der Waals surface area contributed by atoms with E-state index in [1.807, 2.05) is 18.2 Å². The SMILES string of the molecule is CC1CCC2C(CCC3C2CCC2(C)C3CC[C@@H]2C(=O)CNc2ccccc2)C1. The van der Waals surface area contributed by atoms with E-state index in [-0.39, 0.29) is 11.3 Å². The van der Waals surface area contributed by atoms with Crippen molar-refractivity contribution in [3.8, 4) is 0 Å². The zero-order valence-corrected chi connectivity index (χ0v) is 18.4. The fraction of sp³-hybridized carbons (Fsp3) is 0.741. The number of fused-ring (bicyclic) bond motifs is 5. The van der Waals surface area contributed by atoms with Crippen LogP contribution in [0.4, 0.5) is 5.69 Å². The van der Waals surface area contributed by atoms with E-state index in [1.54, 1.807) is 0 Å². The molecule has 2 nitrogen and oxygen atoms in total. The summed E-state index contributed by atoms with van der Waals surface area (Å²) in [7, 11) is 0. The van der Waals surface area contributed by atoms with Gasteiger partial charge in [0.1, 0.15) is 0 Å². The molecule has 4 fully saturated rings. The number of para-hydroxylation sites is 1. The molecular weight excluding hydrogens is 354 g/mol. The van der Waals surface area contributed by atoms with Gasteiger partial charge < -0.3 is 5.32 Å². The van der Waals surface area contributed by atoms with E-state index >= 15 is 0 Å². The van der Waals surface area contributed by atoms with Crippen molar-refractivity contribution in [2.75, 3.05) is 11.9 Å². The first kappa shape index (κ1) is 19.6. The Kier molecular flexibility index (Phi) is 5.25. The van der Waals surface area contributed by atoms with Gasteiger partial charge in [-0.15, -0.1) is 0 Å². The van der Waals surface area contributed by atoms with Crippen LogP contribution in [0, 0.1) is 46.8 Å². The number of carbonyl (C=O) groups excluding carboxylic acids is 1. The summed E-state index contributed by atoms with van der Waals surface area (Å²) in [5, 5.41) is 3.38. The Balaban J connectivity index is 1.27. The quantitative estimate of drug-likeness (QED) is 0.626. The predicted molar refractivity (Wildman–Crippen MR) is 120 cm³/mol. The maximum atomic E-state index is 13.2. The molecule has 0 aromatic heterocycles. The zero-order valence-electron chi connectivity index (χ0n) is 18.4. The van der Waals surface area contributed by atoms with E-state index in [9.17, 15) is 4.79 Å². The number of carbonyl (C=O) groups is 1. The summed E-state index contributed by atoms with van der Waals surface area (Å²) in [5.74, 6) is 6.37. The highest BCUT2D eigenvalue weighted by Crippen LogP contribution is 2.64. The molecule has 1 aromatic carbocycles. The van der Waals surface area contributed by atoms with Crippen LogP contribution in [0.2, 0.25) is 0 Å². The average Bonchev–Trinajstić information content (AvgIpc) is 3.09. The third kappa shape index (κ3) is 3.45. The summed E-state index contributed by atoms with van der Waals surface area (Å²) in [6, 6.07) is 10.2. The van der Waals surface area contributed by atoms with Gasteiger partial charge >= 0.3 is 0 Å². The molecule has 0 amide bonds. The monoisotopic (exact) mass is 393 g/mol. The van der Waals surface area contributed by atoms with Gasteiger partial charge in [0.25, 0.3) is 0 Å². The number of nitrogens with one attached hydrogen (secondary N) is 1. The van der Waals surface area contributed by atoms with Gasteiger partial charge in [0.05, 0.1) is 6.54 Å². The summed E-state index contributed by atoms with van der Waals surface area (Å²) in [4.78, 5) is 13.2. The van der Waals surface area contributed by atoms with Crippen LogP contribution in [0.1, 0.15) is 71.6 Å². The lowest BCUT2D eigenvalue weighted by Gasteiger charge is -2.56. The third-order valence-corrected chi connectivity index (χ3v) is 9.85. The van der Waals surface area contributed by atoms with Crippen LogP contribution < -0.4 is 5.32 Å². The first-order chi connectivity index (χ1) is 14.1. The van der Waals surface area contributed by atoms with Crippen molar-refractivity contribution in [1.29, 1.82) is 0 Å². The molecule has 0 saturated heterocycles. The van der Waals surface area contributed by atoms with E-state index < -0.39 is 0 Å². The number of hydrogen-bond acceptors (Lipinski definition) is 2. The van der Waals surface area contributed by atoms with Crippen molar-refractivity contribution in [1.82, 2.24) is 0 Å². The lowest BCUT2D eigenvalue weighted by molar-refractivity contribution is -0.128. The molecule has 4 aliphatic rings. The number of benzene rings is 1. The lowest BCUT2D eigenvalue weighted by Crippen LogP contribution is -2.49. The molecular formula is C27H39NO. The zero-order chi connectivity index (χ0) is 20.0. The predicted octanol–water partition coefficient (Wildman–Crippen LogP) is 6.57. The van der Waals surface area contributed by atoms with E-state index in [1.165, 1.54) is 51.4 Å². The number of Topliss-reactive ketones (excluding diaryl/α,β-unsaturated/α-hetero) is 1. The Labute approximate surface area is 177 Å². The van der Waals surface area contributed by atoms with Crippen LogP contribution in [0.15, 0.2) is 30.3 Å². The number of anilines is 1. The number of rotatable bonds is 4. The Morgan fingerprint density at radius 1 is 0.966 bits per heavy atom. The molecule has 8 atom stereocenters. The second-order valence-electron chi connectivity index (χ2n) is 11.2. The van der Waals surface area contributed by atoms with Crippen LogP contribution in [-0.2, 0) is 4.79 Å².